The van der Waals surface area contributed by atoms with Crippen molar-refractivity contribution >= 4 is 68.6 Å². The standard InChI is InChI=1S/C58H50BN3/c1-39-34-40(2)56-48(35-39)57(3)32-16-17-33-58(57,4)62(56)47-37-53-55-54(38-47)61(46-29-26-43(27-30-46)41-18-8-5-9-19-41)52-31-28-44(42-20-10-6-11-21-42)36-50(52)59(55)49-24-14-15-25-51(49)60(53)45-22-12-7-13-23-45/h5-15,18-31,34-38H,16-17,32-33H2,1-4H3. The predicted octanol–water partition coefficient (Wildman–Crippen LogP) is 13.5. The molecular weight excluding hydrogens is 749 g/mol. The average Bonchev–Trinajstić information content (AvgIpc) is 3.52. The molecule has 4 heteroatoms. The number of rotatable bonds is 5. The molecule has 8 aromatic rings. The summed E-state index contributed by atoms with van der Waals surface area (Å²) in [5.41, 5.74) is 23.0. The van der Waals surface area contributed by atoms with Crippen LogP contribution in [0.25, 0.3) is 22.3 Å². The van der Waals surface area contributed by atoms with Crippen molar-refractivity contribution in [1.29, 1.82) is 0 Å². The highest BCUT2D eigenvalue weighted by Gasteiger charge is 2.58. The van der Waals surface area contributed by atoms with Crippen LogP contribution in [0, 0.1) is 13.8 Å². The lowest BCUT2D eigenvalue weighted by atomic mass is 9.33. The molecular formula is C58H50BN3. The zero-order valence-corrected chi connectivity index (χ0v) is 36.1. The summed E-state index contributed by atoms with van der Waals surface area (Å²) < 4.78 is 0. The van der Waals surface area contributed by atoms with E-state index >= 15 is 0 Å². The van der Waals surface area contributed by atoms with E-state index in [1.54, 1.807) is 0 Å². The van der Waals surface area contributed by atoms with E-state index in [0.717, 1.165) is 12.1 Å². The Hall–Kier alpha value is -6.78. The molecule has 3 nitrogen and oxygen atoms in total. The summed E-state index contributed by atoms with van der Waals surface area (Å²) in [5, 5.41) is 0. The molecule has 0 N–H and O–H groups in total. The normalized spacial score (nSPS) is 19.4. The molecule has 2 unspecified atom stereocenters. The highest BCUT2D eigenvalue weighted by atomic mass is 15.3. The van der Waals surface area contributed by atoms with Crippen molar-refractivity contribution < 1.29 is 0 Å². The Labute approximate surface area is 367 Å². The highest BCUT2D eigenvalue weighted by Crippen LogP contribution is 2.62. The zero-order chi connectivity index (χ0) is 41.7. The molecule has 8 aromatic carbocycles. The van der Waals surface area contributed by atoms with E-state index in [4.69, 9.17) is 0 Å². The van der Waals surface area contributed by atoms with Crippen molar-refractivity contribution in [3.63, 3.8) is 0 Å². The van der Waals surface area contributed by atoms with E-state index in [9.17, 15) is 0 Å². The topological polar surface area (TPSA) is 9.72 Å². The third-order valence-corrected chi connectivity index (χ3v) is 15.1. The third kappa shape index (κ3) is 5.32. The molecule has 1 aliphatic carbocycles. The second kappa shape index (κ2) is 13.9. The Morgan fingerprint density at radius 3 is 1.69 bits per heavy atom. The summed E-state index contributed by atoms with van der Waals surface area (Å²) in [5.74, 6) is 0. The molecule has 4 aliphatic rings. The van der Waals surface area contributed by atoms with Crippen LogP contribution in [0.3, 0.4) is 0 Å². The minimum Gasteiger partial charge on any atom is -0.334 e. The van der Waals surface area contributed by atoms with Gasteiger partial charge in [0.1, 0.15) is 0 Å². The Kier molecular flexibility index (Phi) is 8.28. The molecule has 62 heavy (non-hydrogen) atoms. The van der Waals surface area contributed by atoms with E-state index in [-0.39, 0.29) is 17.7 Å². The molecule has 2 atom stereocenters. The fourth-order valence-corrected chi connectivity index (χ4v) is 12.1. The van der Waals surface area contributed by atoms with Crippen LogP contribution in [0.1, 0.15) is 56.2 Å². The molecule has 0 spiro atoms. The molecule has 1 saturated carbocycles. The van der Waals surface area contributed by atoms with Gasteiger partial charge in [-0.2, -0.15) is 0 Å². The highest BCUT2D eigenvalue weighted by molar-refractivity contribution is 7.00. The van der Waals surface area contributed by atoms with Gasteiger partial charge in [0, 0.05) is 50.9 Å². The number of aryl methyl sites for hydroxylation is 2. The van der Waals surface area contributed by atoms with Gasteiger partial charge in [-0.1, -0.05) is 159 Å². The van der Waals surface area contributed by atoms with Crippen LogP contribution in [0.15, 0.2) is 182 Å². The van der Waals surface area contributed by atoms with Gasteiger partial charge in [0.05, 0.1) is 5.54 Å². The number of fused-ring (bicyclic) bond motifs is 7. The maximum absolute atomic E-state index is 2.80. The van der Waals surface area contributed by atoms with E-state index < -0.39 is 0 Å². The lowest BCUT2D eigenvalue weighted by Crippen LogP contribution is -2.61. The number of hydrogen-bond donors (Lipinski definition) is 0. The minimum absolute atomic E-state index is 0.0200. The van der Waals surface area contributed by atoms with E-state index in [1.807, 2.05) is 0 Å². The van der Waals surface area contributed by atoms with Crippen molar-refractivity contribution in [2.45, 2.75) is 64.3 Å². The Morgan fingerprint density at radius 1 is 0.452 bits per heavy atom. The lowest BCUT2D eigenvalue weighted by Gasteiger charge is -2.51. The molecule has 0 radical (unpaired) electrons. The van der Waals surface area contributed by atoms with Gasteiger partial charge in [0.25, 0.3) is 6.71 Å². The largest absolute Gasteiger partial charge is 0.334 e. The number of anilines is 8. The molecule has 3 aliphatic heterocycles. The van der Waals surface area contributed by atoms with Crippen molar-refractivity contribution in [3.8, 4) is 22.3 Å². The second-order valence-electron chi connectivity index (χ2n) is 18.6. The van der Waals surface area contributed by atoms with Crippen LogP contribution in [-0.2, 0) is 5.41 Å². The van der Waals surface area contributed by atoms with Crippen LogP contribution in [0.2, 0.25) is 0 Å². The lowest BCUT2D eigenvalue weighted by molar-refractivity contribution is 0.195. The van der Waals surface area contributed by atoms with Gasteiger partial charge >= 0.3 is 0 Å². The maximum Gasteiger partial charge on any atom is 0.252 e. The van der Waals surface area contributed by atoms with Crippen LogP contribution < -0.4 is 31.1 Å². The van der Waals surface area contributed by atoms with E-state index in [0.29, 0.717) is 0 Å². The average molecular weight is 800 g/mol. The quantitative estimate of drug-likeness (QED) is 0.161. The van der Waals surface area contributed by atoms with Gasteiger partial charge in [-0.15, -0.1) is 0 Å². The van der Waals surface area contributed by atoms with E-state index in [2.05, 4.69) is 224 Å². The van der Waals surface area contributed by atoms with Gasteiger partial charge < -0.3 is 14.7 Å². The first-order valence-corrected chi connectivity index (χ1v) is 22.5. The van der Waals surface area contributed by atoms with Gasteiger partial charge in [-0.3, -0.25) is 0 Å². The molecule has 12 rings (SSSR count). The first kappa shape index (κ1) is 37.0. The molecule has 0 bridgehead atoms. The summed E-state index contributed by atoms with van der Waals surface area (Å²) in [6.07, 6.45) is 4.83. The molecule has 300 valence electrons. The van der Waals surface area contributed by atoms with Gasteiger partial charge in [-0.05, 0) is 132 Å². The smallest absolute Gasteiger partial charge is 0.252 e. The predicted molar refractivity (Wildman–Crippen MR) is 264 cm³/mol. The number of para-hydroxylation sites is 2. The molecule has 1 fully saturated rings. The van der Waals surface area contributed by atoms with Crippen molar-refractivity contribution in [1.82, 2.24) is 0 Å². The molecule has 3 heterocycles. The minimum atomic E-state index is -0.101. The fourth-order valence-electron chi connectivity index (χ4n) is 12.1. The van der Waals surface area contributed by atoms with Crippen molar-refractivity contribution in [2.24, 2.45) is 0 Å². The van der Waals surface area contributed by atoms with Crippen LogP contribution >= 0.6 is 0 Å². The Morgan fingerprint density at radius 2 is 1.00 bits per heavy atom. The number of benzene rings is 8. The van der Waals surface area contributed by atoms with E-state index in [1.165, 1.54) is 114 Å². The maximum atomic E-state index is 2.80. The van der Waals surface area contributed by atoms with Crippen molar-refractivity contribution in [3.05, 3.63) is 199 Å². The monoisotopic (exact) mass is 799 g/mol. The first-order chi connectivity index (χ1) is 30.3. The van der Waals surface area contributed by atoms with Gasteiger partial charge in [0.15, 0.2) is 0 Å². The molecule has 0 saturated heterocycles. The SMILES string of the molecule is Cc1cc(C)c2c(c1)C1(C)CCCCC1(C)N2c1cc2c3c(c1)N(c1ccc(-c4ccccc4)cc1)c1ccc(-c4ccccc4)cc1B3c1ccccc1N2c1ccccc1. The molecule has 0 amide bonds. The van der Waals surface area contributed by atoms with Gasteiger partial charge in [-0.25, -0.2) is 0 Å². The second-order valence-corrected chi connectivity index (χ2v) is 18.6. The Balaban J connectivity index is 1.18. The first-order valence-electron chi connectivity index (χ1n) is 22.5. The number of hydrogen-bond acceptors (Lipinski definition) is 3. The summed E-state index contributed by atoms with van der Waals surface area (Å²) in [4.78, 5) is 7.94. The third-order valence-electron chi connectivity index (χ3n) is 15.1. The van der Waals surface area contributed by atoms with Crippen LogP contribution in [-0.4, -0.2) is 12.3 Å². The number of nitrogens with zero attached hydrogens (tertiary/aromatic N) is 3. The summed E-state index contributed by atoms with van der Waals surface area (Å²) in [7, 11) is 0. The fraction of sp³-hybridized carbons (Fsp3) is 0.172. The summed E-state index contributed by atoms with van der Waals surface area (Å²) >= 11 is 0. The Bertz CT molecular complexity index is 3040. The summed E-state index contributed by atoms with van der Waals surface area (Å²) in [6.45, 7) is 9.78. The van der Waals surface area contributed by atoms with Crippen LogP contribution in [0.5, 0.6) is 0 Å². The van der Waals surface area contributed by atoms with Gasteiger partial charge in [0.2, 0.25) is 0 Å². The summed E-state index contributed by atoms with van der Waals surface area (Å²) in [6, 6.07) is 68.3. The van der Waals surface area contributed by atoms with Crippen molar-refractivity contribution in [2.75, 3.05) is 14.7 Å². The zero-order valence-electron chi connectivity index (χ0n) is 36.1. The molecule has 0 aromatic heterocycles. The van der Waals surface area contributed by atoms with Crippen LogP contribution in [0.4, 0.5) is 45.5 Å².